The van der Waals surface area contributed by atoms with Crippen LogP contribution in [-0.4, -0.2) is 48.6 Å². The van der Waals surface area contributed by atoms with E-state index in [-0.39, 0.29) is 17.5 Å². The first-order chi connectivity index (χ1) is 7.98. The molecule has 2 rings (SSSR count). The van der Waals surface area contributed by atoms with Crippen molar-refractivity contribution in [1.82, 2.24) is 10.2 Å². The van der Waals surface area contributed by atoms with Gasteiger partial charge >= 0.3 is 0 Å². The lowest BCUT2D eigenvalue weighted by atomic mass is 10.2. The van der Waals surface area contributed by atoms with Gasteiger partial charge in [0.15, 0.2) is 14.9 Å². The third-order valence-corrected chi connectivity index (χ3v) is 5.76. The maximum atomic E-state index is 11.5. The molecule has 1 N–H and O–H groups in total. The number of sulfone groups is 1. The first-order valence-corrected chi connectivity index (χ1v) is 8.48. The van der Waals surface area contributed by atoms with E-state index in [1.54, 1.807) is 0 Å². The Morgan fingerprint density at radius 1 is 1.35 bits per heavy atom. The molecule has 0 amide bonds. The summed E-state index contributed by atoms with van der Waals surface area (Å²) in [6.07, 6.45) is 4.90. The van der Waals surface area contributed by atoms with Crippen molar-refractivity contribution in [3.63, 3.8) is 0 Å². The number of thiocarbonyl (C=S) groups is 1. The summed E-state index contributed by atoms with van der Waals surface area (Å²) in [7, 11) is -2.85. The number of nitrogens with one attached hydrogen (secondary N) is 1. The van der Waals surface area contributed by atoms with Gasteiger partial charge in [0.05, 0.1) is 11.5 Å². The lowest BCUT2D eigenvalue weighted by Gasteiger charge is -2.36. The molecule has 1 saturated heterocycles. The van der Waals surface area contributed by atoms with E-state index in [4.69, 9.17) is 12.2 Å². The van der Waals surface area contributed by atoms with Crippen LogP contribution in [0.5, 0.6) is 0 Å². The number of hydrogen-bond donors (Lipinski definition) is 1. The summed E-state index contributed by atoms with van der Waals surface area (Å²) in [6.45, 7) is 2.46. The molecule has 0 aromatic carbocycles. The van der Waals surface area contributed by atoms with Crippen molar-refractivity contribution < 1.29 is 8.42 Å². The Balaban J connectivity index is 1.91. The molecule has 0 spiro atoms. The molecular formula is C11H20N2O2S2. The smallest absolute Gasteiger partial charge is 0.169 e. The van der Waals surface area contributed by atoms with E-state index in [1.165, 1.54) is 25.7 Å². The highest BCUT2D eigenvalue weighted by Gasteiger charge is 2.30. The Morgan fingerprint density at radius 3 is 2.59 bits per heavy atom. The van der Waals surface area contributed by atoms with Gasteiger partial charge in [-0.15, -0.1) is 0 Å². The predicted molar refractivity (Wildman–Crippen MR) is 72.8 cm³/mol. The van der Waals surface area contributed by atoms with Crippen LogP contribution in [0.25, 0.3) is 0 Å². The van der Waals surface area contributed by atoms with Crippen molar-refractivity contribution in [3.8, 4) is 0 Å². The number of nitrogens with zero attached hydrogens (tertiary/aromatic N) is 1. The molecule has 17 heavy (non-hydrogen) atoms. The molecule has 0 aromatic rings. The molecule has 2 fully saturated rings. The van der Waals surface area contributed by atoms with E-state index in [9.17, 15) is 8.42 Å². The second-order valence-corrected chi connectivity index (χ2v) is 7.70. The van der Waals surface area contributed by atoms with Crippen LogP contribution in [0.15, 0.2) is 0 Å². The SMILES string of the molecule is CC1CS(=O)(=O)CCN1C(=S)NC1CCCC1. The summed E-state index contributed by atoms with van der Waals surface area (Å²) in [5.41, 5.74) is 0. The van der Waals surface area contributed by atoms with Gasteiger partial charge in [-0.2, -0.15) is 0 Å². The second-order valence-electron chi connectivity index (χ2n) is 5.09. The van der Waals surface area contributed by atoms with Gasteiger partial charge in [-0.05, 0) is 32.0 Å². The minimum Gasteiger partial charge on any atom is -0.360 e. The molecule has 1 aliphatic carbocycles. The molecule has 1 heterocycles. The zero-order chi connectivity index (χ0) is 12.5. The zero-order valence-electron chi connectivity index (χ0n) is 10.2. The first kappa shape index (κ1) is 13.1. The summed E-state index contributed by atoms with van der Waals surface area (Å²) in [6, 6.07) is 0.489. The highest BCUT2D eigenvalue weighted by molar-refractivity contribution is 7.91. The molecule has 6 heteroatoms. The molecule has 0 radical (unpaired) electrons. The van der Waals surface area contributed by atoms with Crippen molar-refractivity contribution in [3.05, 3.63) is 0 Å². The average Bonchev–Trinajstić information content (AvgIpc) is 2.68. The minimum atomic E-state index is -2.85. The Hall–Kier alpha value is -0.360. The van der Waals surface area contributed by atoms with Crippen LogP contribution in [0, 0.1) is 0 Å². The third kappa shape index (κ3) is 3.31. The van der Waals surface area contributed by atoms with E-state index in [0.717, 1.165) is 5.11 Å². The largest absolute Gasteiger partial charge is 0.360 e. The van der Waals surface area contributed by atoms with Crippen LogP contribution >= 0.6 is 12.2 Å². The van der Waals surface area contributed by atoms with Gasteiger partial charge in [-0.3, -0.25) is 0 Å². The maximum Gasteiger partial charge on any atom is 0.169 e. The van der Waals surface area contributed by atoms with Gasteiger partial charge in [0.2, 0.25) is 0 Å². The fourth-order valence-corrected chi connectivity index (χ4v) is 4.62. The Bertz CT molecular complexity index is 388. The van der Waals surface area contributed by atoms with E-state index in [2.05, 4.69) is 5.32 Å². The second kappa shape index (κ2) is 5.10. The van der Waals surface area contributed by atoms with Gasteiger partial charge in [0, 0.05) is 18.6 Å². The van der Waals surface area contributed by atoms with E-state index >= 15 is 0 Å². The molecular weight excluding hydrogens is 256 g/mol. The van der Waals surface area contributed by atoms with Crippen molar-refractivity contribution in [1.29, 1.82) is 0 Å². The van der Waals surface area contributed by atoms with Gasteiger partial charge < -0.3 is 10.2 Å². The van der Waals surface area contributed by atoms with Crippen LogP contribution in [0.4, 0.5) is 0 Å². The minimum absolute atomic E-state index is 0.00449. The molecule has 98 valence electrons. The Kier molecular flexibility index (Phi) is 3.92. The number of rotatable bonds is 1. The lowest BCUT2D eigenvalue weighted by Crippen LogP contribution is -2.54. The standard InChI is InChI=1S/C11H20N2O2S2/c1-9-8-17(14,15)7-6-13(9)11(16)12-10-4-2-3-5-10/h9-10H,2-8H2,1H3,(H,12,16). The summed E-state index contributed by atoms with van der Waals surface area (Å²) >= 11 is 5.38. The van der Waals surface area contributed by atoms with Gasteiger partial charge in [0.25, 0.3) is 0 Å². The first-order valence-electron chi connectivity index (χ1n) is 6.25. The van der Waals surface area contributed by atoms with Crippen molar-refractivity contribution in [2.24, 2.45) is 0 Å². The fourth-order valence-electron chi connectivity index (χ4n) is 2.63. The highest BCUT2D eigenvalue weighted by Crippen LogP contribution is 2.19. The fraction of sp³-hybridized carbons (Fsp3) is 0.909. The molecule has 4 nitrogen and oxygen atoms in total. The van der Waals surface area contributed by atoms with E-state index < -0.39 is 9.84 Å². The molecule has 0 aromatic heterocycles. The maximum absolute atomic E-state index is 11.5. The lowest BCUT2D eigenvalue weighted by molar-refractivity contribution is 0.343. The monoisotopic (exact) mass is 276 g/mol. The highest BCUT2D eigenvalue weighted by atomic mass is 32.2. The van der Waals surface area contributed by atoms with Crippen LogP contribution in [0.2, 0.25) is 0 Å². The molecule has 1 aliphatic heterocycles. The summed E-state index contributed by atoms with van der Waals surface area (Å²) < 4.78 is 23.0. The number of hydrogen-bond acceptors (Lipinski definition) is 3. The topological polar surface area (TPSA) is 49.4 Å². The van der Waals surface area contributed by atoms with Crippen LogP contribution in [0.1, 0.15) is 32.6 Å². The van der Waals surface area contributed by atoms with Gasteiger partial charge in [-0.1, -0.05) is 12.8 Å². The van der Waals surface area contributed by atoms with Gasteiger partial charge in [-0.25, -0.2) is 8.42 Å². The van der Waals surface area contributed by atoms with Crippen LogP contribution < -0.4 is 5.32 Å². The van der Waals surface area contributed by atoms with E-state index in [1.807, 2.05) is 11.8 Å². The molecule has 1 unspecified atom stereocenters. The quantitative estimate of drug-likeness (QED) is 0.722. The van der Waals surface area contributed by atoms with Gasteiger partial charge in [0.1, 0.15) is 0 Å². The summed E-state index contributed by atoms with van der Waals surface area (Å²) in [5.74, 6) is 0.448. The third-order valence-electron chi connectivity index (χ3n) is 3.61. The normalized spacial score (nSPS) is 29.2. The van der Waals surface area contributed by atoms with Crippen molar-refractivity contribution in [2.75, 3.05) is 18.1 Å². The Morgan fingerprint density at radius 2 is 2.00 bits per heavy atom. The van der Waals surface area contributed by atoms with Crippen LogP contribution in [-0.2, 0) is 9.84 Å². The molecule has 1 saturated carbocycles. The molecule has 0 bridgehead atoms. The molecule has 1 atom stereocenters. The van der Waals surface area contributed by atoms with Crippen LogP contribution in [0.3, 0.4) is 0 Å². The zero-order valence-corrected chi connectivity index (χ0v) is 11.8. The summed E-state index contributed by atoms with van der Waals surface area (Å²) in [5, 5.41) is 4.10. The molecule has 2 aliphatic rings. The van der Waals surface area contributed by atoms with Crippen molar-refractivity contribution >= 4 is 27.2 Å². The Labute approximate surface area is 109 Å². The van der Waals surface area contributed by atoms with Crippen molar-refractivity contribution in [2.45, 2.75) is 44.7 Å². The van der Waals surface area contributed by atoms with E-state index in [0.29, 0.717) is 12.6 Å². The average molecular weight is 276 g/mol. The summed E-state index contributed by atoms with van der Waals surface area (Å²) in [4.78, 5) is 2.02. The predicted octanol–water partition coefficient (Wildman–Crippen LogP) is 0.922.